The molecule has 58 heavy (non-hydrogen) atoms. The van der Waals surface area contributed by atoms with E-state index in [4.69, 9.17) is 49.0 Å². The zero-order valence-corrected chi connectivity index (χ0v) is 34.0. The number of nitrogens with one attached hydrogen (secondary N) is 2. The molecule has 0 saturated carbocycles. The first-order chi connectivity index (χ1) is 27.9. The van der Waals surface area contributed by atoms with Crippen LogP contribution < -0.4 is 25.3 Å². The number of pyridine rings is 3. The summed E-state index contributed by atoms with van der Waals surface area (Å²) in [6.45, 7) is 8.74. The van der Waals surface area contributed by atoms with Crippen LogP contribution >= 0.6 is 34.8 Å². The molecule has 2 N–H and O–H groups in total. The van der Waals surface area contributed by atoms with E-state index in [1.54, 1.807) is 17.3 Å². The first-order valence-electron chi connectivity index (χ1n) is 18.3. The number of esters is 1. The number of morpholine rings is 3. The number of anilines is 4. The molecule has 0 spiro atoms. The maximum Gasteiger partial charge on any atom is 0.399 e. The van der Waals surface area contributed by atoms with Gasteiger partial charge in [-0.05, 0) is 29.0 Å². The van der Waals surface area contributed by atoms with Crippen LogP contribution in [0, 0.1) is 15.9 Å². The fraction of sp³-hybridized carbons (Fsp3) is 0.500. The first-order valence-corrected chi connectivity index (χ1v) is 19.4. The molecule has 0 aliphatic carbocycles. The molecule has 2 amide bonds. The largest absolute Gasteiger partial charge is 0.469 e. The highest BCUT2D eigenvalue weighted by Crippen LogP contribution is 2.36. The number of hydrogen-bond donors (Lipinski definition) is 2. The van der Waals surface area contributed by atoms with Crippen molar-refractivity contribution >= 4 is 81.4 Å². The zero-order valence-electron chi connectivity index (χ0n) is 31.7. The Labute approximate surface area is 348 Å². The molecule has 5 aliphatic rings. The molecule has 0 aromatic carbocycles. The van der Waals surface area contributed by atoms with Crippen molar-refractivity contribution in [2.75, 3.05) is 92.9 Å². The van der Waals surface area contributed by atoms with E-state index >= 15 is 0 Å². The molecule has 314 valence electrons. The fourth-order valence-electron chi connectivity index (χ4n) is 6.60. The molecule has 3 saturated heterocycles. The normalized spacial score (nSPS) is 20.9. The molecule has 8 heterocycles. The number of carbonyl (C=O) groups excluding carboxylic acids is 3. The van der Waals surface area contributed by atoms with Crippen LogP contribution in [0.2, 0.25) is 15.1 Å². The van der Waals surface area contributed by atoms with Crippen LogP contribution in [0.3, 0.4) is 0 Å². The summed E-state index contributed by atoms with van der Waals surface area (Å²) in [5.41, 5.74) is 1.82. The van der Waals surface area contributed by atoms with Crippen molar-refractivity contribution in [2.45, 2.75) is 44.3 Å². The maximum atomic E-state index is 12.5. The number of nitro groups is 1. The van der Waals surface area contributed by atoms with E-state index in [-0.39, 0.29) is 40.9 Å². The van der Waals surface area contributed by atoms with Crippen molar-refractivity contribution in [2.24, 2.45) is 0 Å². The number of amides is 2. The molecular weight excluding hydrogens is 828 g/mol. The third-order valence-corrected chi connectivity index (χ3v) is 9.90. The second kappa shape index (κ2) is 21.5. The SMILES string of the molecule is CCN1C(=O)C[C@@H]2COCCN2c2cc(Cl)cnc21.COC(=O)C[C@@H]1COCCN1.O=C1C[C@@H]2COCCN2c2cc(Cl)cnc2N1.O=[N+]([O-])c1ncc(Cl)cc1F. The Morgan fingerprint density at radius 1 is 0.914 bits per heavy atom. The molecular formula is C36H43Cl3FN9O9. The van der Waals surface area contributed by atoms with Crippen molar-refractivity contribution in [3.8, 4) is 0 Å². The van der Waals surface area contributed by atoms with Gasteiger partial charge in [-0.1, -0.05) is 34.8 Å². The summed E-state index contributed by atoms with van der Waals surface area (Å²) in [6, 6.07) is 4.86. The minimum atomic E-state index is -1.03. The zero-order chi connectivity index (χ0) is 41.8. The van der Waals surface area contributed by atoms with E-state index in [2.05, 4.69) is 40.1 Å². The Morgan fingerprint density at radius 2 is 1.52 bits per heavy atom. The molecule has 3 atom stereocenters. The first kappa shape index (κ1) is 44.6. The third kappa shape index (κ3) is 12.0. The molecule has 0 bridgehead atoms. The predicted molar refractivity (Wildman–Crippen MR) is 213 cm³/mol. The van der Waals surface area contributed by atoms with Gasteiger partial charge in [0.15, 0.2) is 17.8 Å². The summed E-state index contributed by atoms with van der Waals surface area (Å²) in [4.78, 5) is 61.7. The van der Waals surface area contributed by atoms with E-state index in [9.17, 15) is 28.9 Å². The molecule has 3 fully saturated rings. The second-order valence-electron chi connectivity index (χ2n) is 13.2. The number of carbonyl (C=O) groups is 3. The monoisotopic (exact) mass is 869 g/mol. The fourth-order valence-corrected chi connectivity index (χ4v) is 7.05. The summed E-state index contributed by atoms with van der Waals surface area (Å²) in [5.74, 6) is -0.661. The average molecular weight is 871 g/mol. The molecule has 18 nitrogen and oxygen atoms in total. The van der Waals surface area contributed by atoms with Crippen LogP contribution in [-0.2, 0) is 33.3 Å². The maximum absolute atomic E-state index is 12.5. The van der Waals surface area contributed by atoms with Crippen molar-refractivity contribution in [3.05, 3.63) is 67.8 Å². The highest BCUT2D eigenvalue weighted by atomic mass is 35.5. The van der Waals surface area contributed by atoms with E-state index in [1.165, 1.54) is 7.11 Å². The minimum Gasteiger partial charge on any atom is -0.469 e. The summed E-state index contributed by atoms with van der Waals surface area (Å²) in [5, 5.41) is 17.2. The van der Waals surface area contributed by atoms with E-state index < -0.39 is 16.6 Å². The van der Waals surface area contributed by atoms with Crippen LogP contribution in [0.4, 0.5) is 33.2 Å². The standard InChI is InChI=1S/C13H16ClN3O2.C11H12ClN3O2.C7H13NO3.C5H2ClFN2O2/c1-2-16-12(18)6-10-8-19-4-3-17(10)11-5-9(14)7-15-13(11)16;12-7-3-9-11(13-5-7)14-10(16)4-8-6-17-2-1-15(8)9;1-10-7(9)4-6-5-11-3-2-8-6;6-3-1-4(7)5(8-2-3)9(10)11/h5,7,10H,2-4,6,8H2,1H3;3,5,8H,1-2,4,6H2,(H,13,14,16);6,8H,2-5H2,1H3;1-2H/t10-;8-;6-;/m111./s1. The van der Waals surface area contributed by atoms with Crippen LogP contribution in [0.15, 0.2) is 36.8 Å². The summed E-state index contributed by atoms with van der Waals surface area (Å²) >= 11 is 17.3. The molecule has 3 aromatic rings. The summed E-state index contributed by atoms with van der Waals surface area (Å²) in [7, 11) is 1.39. The van der Waals surface area contributed by atoms with Gasteiger partial charge < -0.3 is 49.5 Å². The van der Waals surface area contributed by atoms with Gasteiger partial charge in [-0.3, -0.25) is 19.3 Å². The van der Waals surface area contributed by atoms with Gasteiger partial charge in [-0.15, -0.1) is 0 Å². The van der Waals surface area contributed by atoms with Gasteiger partial charge in [0.05, 0.1) is 91.7 Å². The van der Waals surface area contributed by atoms with Gasteiger partial charge in [0.25, 0.3) is 0 Å². The molecule has 0 radical (unpaired) electrons. The van der Waals surface area contributed by atoms with Crippen molar-refractivity contribution in [1.82, 2.24) is 20.3 Å². The Balaban J connectivity index is 0.000000152. The Kier molecular flexibility index (Phi) is 16.5. The Morgan fingerprint density at radius 3 is 2.14 bits per heavy atom. The van der Waals surface area contributed by atoms with Gasteiger partial charge in [-0.2, -0.15) is 4.39 Å². The van der Waals surface area contributed by atoms with Gasteiger partial charge >= 0.3 is 11.8 Å². The van der Waals surface area contributed by atoms with Gasteiger partial charge in [0.2, 0.25) is 17.6 Å². The second-order valence-corrected chi connectivity index (χ2v) is 14.5. The van der Waals surface area contributed by atoms with Crippen LogP contribution in [-0.4, -0.2) is 129 Å². The Bertz CT molecular complexity index is 1930. The Hall–Kier alpha value is -4.50. The highest BCUT2D eigenvalue weighted by Gasteiger charge is 2.35. The molecule has 3 aromatic heterocycles. The van der Waals surface area contributed by atoms with Crippen LogP contribution in [0.5, 0.6) is 0 Å². The van der Waals surface area contributed by atoms with Crippen molar-refractivity contribution < 1.29 is 42.6 Å². The van der Waals surface area contributed by atoms with Crippen molar-refractivity contribution in [1.29, 1.82) is 0 Å². The number of hydrogen-bond acceptors (Lipinski definition) is 15. The number of aromatic nitrogens is 3. The molecule has 0 unspecified atom stereocenters. The lowest BCUT2D eigenvalue weighted by atomic mass is 10.1. The minimum absolute atomic E-state index is 0.0286. The lowest BCUT2D eigenvalue weighted by Gasteiger charge is -2.35. The number of ether oxygens (including phenoxy) is 4. The van der Waals surface area contributed by atoms with Gasteiger partial charge in [0.1, 0.15) is 0 Å². The molecule has 5 aliphatic heterocycles. The number of fused-ring (bicyclic) bond motifs is 6. The van der Waals surface area contributed by atoms with Gasteiger partial charge in [0, 0.05) is 63.5 Å². The van der Waals surface area contributed by atoms with Crippen LogP contribution in [0.1, 0.15) is 26.2 Å². The molecule has 8 rings (SSSR count). The van der Waals surface area contributed by atoms with E-state index in [0.29, 0.717) is 80.5 Å². The topological polar surface area (TPSA) is 204 Å². The number of halogens is 4. The highest BCUT2D eigenvalue weighted by molar-refractivity contribution is 6.31. The quantitative estimate of drug-likeness (QED) is 0.213. The third-order valence-electron chi connectivity index (χ3n) is 9.28. The average Bonchev–Trinajstić information content (AvgIpc) is 3.42. The van der Waals surface area contributed by atoms with E-state index in [1.807, 2.05) is 19.1 Å². The lowest BCUT2D eigenvalue weighted by molar-refractivity contribution is -0.392. The lowest BCUT2D eigenvalue weighted by Crippen LogP contribution is -2.46. The van der Waals surface area contributed by atoms with Gasteiger partial charge in [-0.25, -0.2) is 9.97 Å². The number of rotatable bonds is 4. The number of nitrogens with zero attached hydrogens (tertiary/aromatic N) is 7. The van der Waals surface area contributed by atoms with Crippen molar-refractivity contribution in [3.63, 3.8) is 0 Å². The smallest absolute Gasteiger partial charge is 0.399 e. The number of methoxy groups -OCH3 is 1. The molecule has 22 heteroatoms. The summed E-state index contributed by atoms with van der Waals surface area (Å²) in [6.07, 6.45) is 5.44. The summed E-state index contributed by atoms with van der Waals surface area (Å²) < 4.78 is 33.1. The van der Waals surface area contributed by atoms with Crippen LogP contribution in [0.25, 0.3) is 0 Å². The van der Waals surface area contributed by atoms with E-state index in [0.717, 1.165) is 49.9 Å². The predicted octanol–water partition coefficient (Wildman–Crippen LogP) is 4.30.